The normalized spacial score (nSPS) is 18.6. The molecule has 0 saturated carbocycles. The van der Waals surface area contributed by atoms with E-state index in [9.17, 15) is 9.59 Å². The van der Waals surface area contributed by atoms with E-state index < -0.39 is 0 Å². The van der Waals surface area contributed by atoms with Crippen LogP contribution < -0.4 is 10.5 Å². The molecule has 2 aliphatic rings. The molecule has 7 nitrogen and oxygen atoms in total. The Bertz CT molecular complexity index is 1310. The minimum absolute atomic E-state index is 0.191. The summed E-state index contributed by atoms with van der Waals surface area (Å²) in [5.41, 5.74) is 2.10. The van der Waals surface area contributed by atoms with E-state index in [0.717, 1.165) is 32.7 Å². The van der Waals surface area contributed by atoms with Gasteiger partial charge in [0.1, 0.15) is 15.8 Å². The molecule has 0 unspecified atom stereocenters. The summed E-state index contributed by atoms with van der Waals surface area (Å²) in [5.74, 6) is 0.424. The Morgan fingerprint density at radius 1 is 1.03 bits per heavy atom. The van der Waals surface area contributed by atoms with Gasteiger partial charge in [-0.15, -0.1) is 0 Å². The highest BCUT2D eigenvalue weighted by atomic mass is 32.2. The van der Waals surface area contributed by atoms with Crippen LogP contribution >= 0.6 is 24.0 Å². The number of nitrogens with zero attached hydrogens (tertiary/aromatic N) is 5. The Kier molecular flexibility index (Phi) is 6.01. The van der Waals surface area contributed by atoms with Crippen LogP contribution in [0.3, 0.4) is 0 Å². The zero-order chi connectivity index (χ0) is 22.9. The molecule has 0 N–H and O–H groups in total. The molecule has 0 aliphatic carbocycles. The third-order valence-corrected chi connectivity index (χ3v) is 7.42. The fraction of sp³-hybridized carbons (Fsp3) is 0.250. The van der Waals surface area contributed by atoms with Crippen molar-refractivity contribution >= 4 is 51.7 Å². The first-order valence-corrected chi connectivity index (χ1v) is 12.0. The monoisotopic (exact) mass is 477 g/mol. The van der Waals surface area contributed by atoms with E-state index in [0.29, 0.717) is 26.3 Å². The first-order chi connectivity index (χ1) is 16.0. The number of anilines is 1. The van der Waals surface area contributed by atoms with E-state index in [4.69, 9.17) is 17.2 Å². The quantitative estimate of drug-likeness (QED) is 0.423. The fourth-order valence-electron chi connectivity index (χ4n) is 4.09. The molecule has 1 amide bonds. The number of hydrogen-bond acceptors (Lipinski definition) is 7. The van der Waals surface area contributed by atoms with Gasteiger partial charge in [0.15, 0.2) is 0 Å². The molecule has 2 aromatic heterocycles. The molecule has 4 heterocycles. The molecule has 1 aromatic carbocycles. The van der Waals surface area contributed by atoms with Gasteiger partial charge in [-0.05, 0) is 23.8 Å². The van der Waals surface area contributed by atoms with Crippen LogP contribution in [0, 0.1) is 0 Å². The number of thiocarbonyl (C=S) groups is 1. The van der Waals surface area contributed by atoms with Crippen molar-refractivity contribution < 1.29 is 4.79 Å². The number of amides is 1. The Morgan fingerprint density at radius 3 is 2.45 bits per heavy atom. The number of rotatable bonds is 4. The van der Waals surface area contributed by atoms with Crippen LogP contribution in [0.4, 0.5) is 5.82 Å². The summed E-state index contributed by atoms with van der Waals surface area (Å²) >= 11 is 6.47. The Hall–Kier alpha value is -3.01. The fourth-order valence-corrected chi connectivity index (χ4v) is 5.26. The summed E-state index contributed by atoms with van der Waals surface area (Å²) in [6.45, 7) is 4.12. The number of carbonyl (C=O) groups excluding carboxylic acids is 1. The van der Waals surface area contributed by atoms with E-state index >= 15 is 0 Å². The molecule has 5 rings (SSSR count). The van der Waals surface area contributed by atoms with Crippen molar-refractivity contribution in [1.29, 1.82) is 0 Å². The minimum atomic E-state index is -0.193. The Balaban J connectivity index is 1.48. The molecule has 2 saturated heterocycles. The van der Waals surface area contributed by atoms with Crippen LogP contribution in [-0.4, -0.2) is 62.6 Å². The first kappa shape index (κ1) is 21.8. The molecule has 2 aliphatic heterocycles. The van der Waals surface area contributed by atoms with Crippen molar-refractivity contribution in [1.82, 2.24) is 19.2 Å². The van der Waals surface area contributed by atoms with E-state index in [2.05, 4.69) is 34.1 Å². The van der Waals surface area contributed by atoms with E-state index in [1.54, 1.807) is 25.4 Å². The smallest absolute Gasteiger partial charge is 0.267 e. The van der Waals surface area contributed by atoms with E-state index in [-0.39, 0.29) is 11.5 Å². The lowest BCUT2D eigenvalue weighted by molar-refractivity contribution is -0.121. The van der Waals surface area contributed by atoms with Gasteiger partial charge in [-0.3, -0.25) is 23.8 Å². The molecule has 168 valence electrons. The summed E-state index contributed by atoms with van der Waals surface area (Å²) < 4.78 is 2.00. The number of hydrogen-bond donors (Lipinski definition) is 0. The summed E-state index contributed by atoms with van der Waals surface area (Å²) in [6, 6.07) is 15.9. The maximum absolute atomic E-state index is 13.4. The lowest BCUT2D eigenvalue weighted by atomic mass is 10.2. The van der Waals surface area contributed by atoms with Gasteiger partial charge in [-0.25, -0.2) is 4.98 Å². The van der Waals surface area contributed by atoms with Gasteiger partial charge in [0.25, 0.3) is 11.5 Å². The molecule has 2 fully saturated rings. The van der Waals surface area contributed by atoms with E-state index in [1.807, 2.05) is 18.2 Å². The molecule has 0 bridgehead atoms. The number of thioether (sulfide) groups is 1. The van der Waals surface area contributed by atoms with Crippen LogP contribution in [0.1, 0.15) is 11.1 Å². The SMILES string of the molecule is CN1C(=O)/C(=C\c2c(N3CCN(Cc4ccccc4)CC3)nc3ccccn3c2=O)SC1=S. The molecule has 33 heavy (non-hydrogen) atoms. The molecule has 0 radical (unpaired) electrons. The molecular formula is C24H23N5O2S2. The second-order valence-corrected chi connectivity index (χ2v) is 9.75. The molecule has 0 spiro atoms. The zero-order valence-corrected chi connectivity index (χ0v) is 19.8. The van der Waals surface area contributed by atoms with E-state index in [1.165, 1.54) is 26.6 Å². The van der Waals surface area contributed by atoms with Gasteiger partial charge in [-0.1, -0.05) is 60.4 Å². The maximum Gasteiger partial charge on any atom is 0.267 e. The van der Waals surface area contributed by atoms with Gasteiger partial charge in [0.05, 0.1) is 10.5 Å². The number of likely N-dealkylation sites (N-methyl/N-ethyl adjacent to an activating group) is 1. The lowest BCUT2D eigenvalue weighted by Crippen LogP contribution is -2.47. The van der Waals surface area contributed by atoms with Crippen LogP contribution in [0.5, 0.6) is 0 Å². The minimum Gasteiger partial charge on any atom is -0.353 e. The summed E-state index contributed by atoms with van der Waals surface area (Å²) in [7, 11) is 1.65. The number of piperazine rings is 1. The van der Waals surface area contributed by atoms with Crippen molar-refractivity contribution in [3.8, 4) is 0 Å². The number of fused-ring (bicyclic) bond motifs is 1. The average Bonchev–Trinajstić information content (AvgIpc) is 3.08. The largest absolute Gasteiger partial charge is 0.353 e. The summed E-state index contributed by atoms with van der Waals surface area (Å²) in [6.07, 6.45) is 3.36. The van der Waals surface area contributed by atoms with Crippen molar-refractivity contribution in [3.63, 3.8) is 0 Å². The number of pyridine rings is 1. The highest BCUT2D eigenvalue weighted by Gasteiger charge is 2.30. The zero-order valence-electron chi connectivity index (χ0n) is 18.2. The number of aromatic nitrogens is 2. The summed E-state index contributed by atoms with van der Waals surface area (Å²) in [5, 5.41) is 0. The first-order valence-electron chi connectivity index (χ1n) is 10.8. The topological polar surface area (TPSA) is 61.2 Å². The van der Waals surface area contributed by atoms with Gasteiger partial charge in [-0.2, -0.15) is 0 Å². The van der Waals surface area contributed by atoms with Crippen LogP contribution in [0.2, 0.25) is 0 Å². The lowest BCUT2D eigenvalue weighted by Gasteiger charge is -2.36. The van der Waals surface area contributed by atoms with Crippen molar-refractivity contribution in [3.05, 3.63) is 81.1 Å². The Labute approximate surface area is 201 Å². The van der Waals surface area contributed by atoms with Gasteiger partial charge in [0, 0.05) is 46.0 Å². The highest BCUT2D eigenvalue weighted by molar-refractivity contribution is 8.26. The van der Waals surface area contributed by atoms with Gasteiger partial charge < -0.3 is 4.90 Å². The van der Waals surface area contributed by atoms with Crippen LogP contribution in [0.25, 0.3) is 11.7 Å². The maximum atomic E-state index is 13.4. The van der Waals surface area contributed by atoms with Crippen molar-refractivity contribution in [2.24, 2.45) is 0 Å². The van der Waals surface area contributed by atoms with Crippen molar-refractivity contribution in [2.45, 2.75) is 6.54 Å². The molecule has 3 aromatic rings. The highest BCUT2D eigenvalue weighted by Crippen LogP contribution is 2.32. The number of carbonyl (C=O) groups is 1. The van der Waals surface area contributed by atoms with Crippen LogP contribution in [0.15, 0.2) is 64.4 Å². The van der Waals surface area contributed by atoms with Gasteiger partial charge in [0.2, 0.25) is 0 Å². The molecule has 9 heteroatoms. The van der Waals surface area contributed by atoms with Crippen LogP contribution in [-0.2, 0) is 11.3 Å². The summed E-state index contributed by atoms with van der Waals surface area (Å²) in [4.78, 5) is 37.3. The third-order valence-electron chi connectivity index (χ3n) is 5.93. The second-order valence-electron chi connectivity index (χ2n) is 8.07. The second kappa shape index (κ2) is 9.09. The average molecular weight is 478 g/mol. The molecular weight excluding hydrogens is 454 g/mol. The predicted molar refractivity (Wildman–Crippen MR) is 136 cm³/mol. The van der Waals surface area contributed by atoms with Gasteiger partial charge >= 0.3 is 0 Å². The molecule has 0 atom stereocenters. The predicted octanol–water partition coefficient (Wildman–Crippen LogP) is 2.85. The number of benzene rings is 1. The standard InChI is InChI=1S/C24H23N5O2S2/c1-26-23(31)19(33-24(26)32)15-18-21(25-20-9-5-6-10-29(20)22(18)30)28-13-11-27(12-14-28)16-17-7-3-2-4-8-17/h2-10,15H,11-14,16H2,1H3/b19-15+. The third kappa shape index (κ3) is 4.31. The van der Waals surface area contributed by atoms with Crippen molar-refractivity contribution in [2.75, 3.05) is 38.1 Å². The Morgan fingerprint density at radius 2 is 1.76 bits per heavy atom.